The minimum Gasteiger partial charge on any atom is -0.264 e. The van der Waals surface area contributed by atoms with Crippen LogP contribution in [0.3, 0.4) is 0 Å². The number of pyridine rings is 9. The third-order valence-corrected chi connectivity index (χ3v) is 11.6. The Balaban J connectivity index is 0.000000456. The van der Waals surface area contributed by atoms with Crippen LogP contribution in [0, 0.1) is 152 Å². The first kappa shape index (κ1) is 71.4. The van der Waals surface area contributed by atoms with Crippen molar-refractivity contribution in [3.8, 4) is 0 Å². The quantitative estimate of drug-likeness (QED) is 0.143. The van der Waals surface area contributed by atoms with Gasteiger partial charge in [-0.25, -0.2) is 9.97 Å². The lowest BCUT2D eigenvalue weighted by Crippen LogP contribution is -1.85. The molecule has 0 radical (unpaired) electrons. The summed E-state index contributed by atoms with van der Waals surface area (Å²) in [5, 5.41) is 0. The second kappa shape index (κ2) is 40.6. The number of aromatic nitrogens is 11. The Bertz CT molecular complexity index is 2870. The fourth-order valence-corrected chi connectivity index (χ4v) is 6.44. The number of aryl methyl sites for hydroxylation is 22. The summed E-state index contributed by atoms with van der Waals surface area (Å²) in [4.78, 5) is 44.6. The van der Waals surface area contributed by atoms with Gasteiger partial charge in [0.1, 0.15) is 6.33 Å². The van der Waals surface area contributed by atoms with E-state index in [0.717, 1.165) is 62.5 Å². The van der Waals surface area contributed by atoms with Crippen LogP contribution in [0.15, 0.2) is 165 Å². The molecule has 10 heterocycles. The highest BCUT2D eigenvalue weighted by Gasteiger charge is 1.93. The van der Waals surface area contributed by atoms with E-state index < -0.39 is 0 Å². The Kier molecular flexibility index (Phi) is 35.4. The summed E-state index contributed by atoms with van der Waals surface area (Å²) >= 11 is 0. The van der Waals surface area contributed by atoms with Crippen LogP contribution in [0.5, 0.6) is 0 Å². The van der Waals surface area contributed by atoms with Crippen LogP contribution in [0.1, 0.15) is 124 Å². The molecule has 10 aromatic rings. The predicted octanol–water partition coefficient (Wildman–Crippen LogP) is 17.0. The predicted molar refractivity (Wildman–Crippen MR) is 344 cm³/mol. The van der Waals surface area contributed by atoms with Gasteiger partial charge in [0.2, 0.25) is 0 Å². The van der Waals surface area contributed by atoms with Gasteiger partial charge in [0, 0.05) is 119 Å². The molecule has 0 spiro atoms. The van der Waals surface area contributed by atoms with Gasteiger partial charge in [0.15, 0.2) is 0 Å². The van der Waals surface area contributed by atoms with Gasteiger partial charge in [-0.2, -0.15) is 0 Å². The van der Waals surface area contributed by atoms with E-state index in [9.17, 15) is 0 Å². The van der Waals surface area contributed by atoms with Gasteiger partial charge in [-0.1, -0.05) is 42.5 Å². The highest BCUT2D eigenvalue weighted by Crippen LogP contribution is 2.06. The molecule has 0 aromatic carbocycles. The van der Waals surface area contributed by atoms with Crippen molar-refractivity contribution in [2.75, 3.05) is 0 Å². The van der Waals surface area contributed by atoms with Crippen molar-refractivity contribution in [2.45, 2.75) is 152 Å². The van der Waals surface area contributed by atoms with Crippen LogP contribution in [-0.4, -0.2) is 54.8 Å². The maximum atomic E-state index is 4.18. The summed E-state index contributed by atoms with van der Waals surface area (Å²) in [5.41, 5.74) is 25.8. The van der Waals surface area contributed by atoms with Crippen molar-refractivity contribution >= 4 is 0 Å². The van der Waals surface area contributed by atoms with Crippen LogP contribution in [-0.2, 0) is 0 Å². The van der Waals surface area contributed by atoms with Crippen molar-refractivity contribution in [3.05, 3.63) is 289 Å². The van der Waals surface area contributed by atoms with Crippen molar-refractivity contribution < 1.29 is 0 Å². The number of hydrogen-bond donors (Lipinski definition) is 0. The molecule has 432 valence electrons. The van der Waals surface area contributed by atoms with Gasteiger partial charge >= 0.3 is 0 Å². The molecule has 10 aromatic heterocycles. The Labute approximate surface area is 493 Å². The minimum absolute atomic E-state index is 1.06. The number of rotatable bonds is 0. The van der Waals surface area contributed by atoms with Crippen LogP contribution in [0.4, 0.5) is 0 Å². The molecule has 0 fully saturated rings. The molecular weight excluding hydrogens is 1010 g/mol. The van der Waals surface area contributed by atoms with Gasteiger partial charge in [-0.05, 0) is 274 Å². The topological polar surface area (TPSA) is 142 Å². The molecule has 0 amide bonds. The largest absolute Gasteiger partial charge is 0.264 e. The third kappa shape index (κ3) is 35.8. The molecule has 10 rings (SSSR count). The molecule has 0 bridgehead atoms. The first-order valence-electron chi connectivity index (χ1n) is 27.5. The second-order valence-electron chi connectivity index (χ2n) is 20.4. The summed E-state index contributed by atoms with van der Waals surface area (Å²) in [7, 11) is 0. The summed E-state index contributed by atoms with van der Waals surface area (Å²) in [6.45, 7) is 44.6. The van der Waals surface area contributed by atoms with E-state index in [1.54, 1.807) is 6.33 Å². The van der Waals surface area contributed by atoms with Crippen molar-refractivity contribution in [1.82, 2.24) is 54.8 Å². The lowest BCUT2D eigenvalue weighted by Gasteiger charge is -1.97. The first-order chi connectivity index (χ1) is 38.7. The molecular formula is C71H93N11. The van der Waals surface area contributed by atoms with Gasteiger partial charge in [0.25, 0.3) is 0 Å². The number of hydrogen-bond acceptors (Lipinski definition) is 11. The van der Waals surface area contributed by atoms with Gasteiger partial charge in [-0.3, -0.25) is 44.9 Å². The van der Waals surface area contributed by atoms with E-state index in [0.29, 0.717) is 0 Å². The molecule has 0 N–H and O–H groups in total. The van der Waals surface area contributed by atoms with E-state index in [4.69, 9.17) is 0 Å². The fourth-order valence-electron chi connectivity index (χ4n) is 6.44. The molecule has 0 aliphatic carbocycles. The van der Waals surface area contributed by atoms with Crippen LogP contribution >= 0.6 is 0 Å². The van der Waals surface area contributed by atoms with Gasteiger partial charge in [-0.15, -0.1) is 0 Å². The molecule has 0 saturated carbocycles. The number of nitrogens with zero attached hydrogens (tertiary/aromatic N) is 11. The zero-order valence-electron chi connectivity index (χ0n) is 53.5. The Morgan fingerprint density at radius 2 is 0.634 bits per heavy atom. The van der Waals surface area contributed by atoms with E-state index in [-0.39, 0.29) is 0 Å². The second-order valence-corrected chi connectivity index (χ2v) is 20.4. The average Bonchev–Trinajstić information content (AvgIpc) is 3.41. The van der Waals surface area contributed by atoms with Gasteiger partial charge < -0.3 is 0 Å². The molecule has 0 aliphatic rings. The summed E-state index contributed by atoms with van der Waals surface area (Å²) < 4.78 is 0. The van der Waals surface area contributed by atoms with E-state index in [1.165, 1.54) is 61.2 Å². The van der Waals surface area contributed by atoms with Crippen LogP contribution in [0.2, 0.25) is 0 Å². The highest BCUT2D eigenvalue weighted by molar-refractivity contribution is 5.23. The van der Waals surface area contributed by atoms with E-state index in [1.807, 2.05) is 214 Å². The van der Waals surface area contributed by atoms with Crippen LogP contribution < -0.4 is 0 Å². The maximum Gasteiger partial charge on any atom is 0.115 e. The van der Waals surface area contributed by atoms with E-state index in [2.05, 4.69) is 152 Å². The molecule has 11 nitrogen and oxygen atoms in total. The Morgan fingerprint density at radius 3 is 0.878 bits per heavy atom. The van der Waals surface area contributed by atoms with Crippen molar-refractivity contribution in [3.63, 3.8) is 0 Å². The smallest absolute Gasteiger partial charge is 0.115 e. The highest BCUT2D eigenvalue weighted by atomic mass is 14.8. The van der Waals surface area contributed by atoms with Crippen molar-refractivity contribution in [2.24, 2.45) is 0 Å². The molecule has 0 atom stereocenters. The van der Waals surface area contributed by atoms with Crippen molar-refractivity contribution in [1.29, 1.82) is 0 Å². The zero-order chi connectivity index (χ0) is 61.6. The SMILES string of the molecule is Cc1ccc(C)nc1.Cc1ccc(C)nc1.Cc1cccc(C)n1.Cc1cccnc1C.Cc1ccnc(C)c1.Cc1ccnc(C)c1.Cc1cnc(C)c(C)c1.Cc1cnc(C)c(C)c1.Cc1cncc(C)c1.Cc1cncnc1C. The molecule has 0 aliphatic heterocycles. The van der Waals surface area contributed by atoms with Gasteiger partial charge in [0.05, 0.1) is 0 Å². The summed E-state index contributed by atoms with van der Waals surface area (Å²) in [5.74, 6) is 0. The minimum atomic E-state index is 1.06. The van der Waals surface area contributed by atoms with E-state index >= 15 is 0 Å². The molecule has 0 saturated heterocycles. The first-order valence-corrected chi connectivity index (χ1v) is 27.5. The molecule has 11 heteroatoms. The average molecular weight is 1100 g/mol. The third-order valence-electron chi connectivity index (χ3n) is 11.6. The molecule has 0 unspecified atom stereocenters. The normalized spacial score (nSPS) is 9.34. The monoisotopic (exact) mass is 1100 g/mol. The fraction of sp³-hybridized carbons (Fsp3) is 0.310. The summed E-state index contributed by atoms with van der Waals surface area (Å²) in [6.07, 6.45) is 20.1. The Hall–Kier alpha value is -8.57. The lowest BCUT2D eigenvalue weighted by atomic mass is 10.2. The maximum absolute atomic E-state index is 4.18. The summed E-state index contributed by atoms with van der Waals surface area (Å²) in [6, 6.07) is 32.6. The zero-order valence-corrected chi connectivity index (χ0v) is 53.5. The van der Waals surface area contributed by atoms with Crippen LogP contribution in [0.25, 0.3) is 0 Å². The lowest BCUT2D eigenvalue weighted by molar-refractivity contribution is 1.06. The standard InChI is InChI=1S/2C8H11N.7C7H9N.C6H8N2/c2*1-6-4-7(2)8(3)9-5-6;1-6-3-7(2)5-8-4-6;2*1-6-3-4-8-7(2)5-6;2*1-6-3-4-7(2)8-5-6;1-6-4-3-5-8-7(6)2;1-6-4-3-5-7(2)8-6;1-5-3-7-4-8-6(5)2/h2*4-5H,1-3H3;7*3-5H,1-2H3;3-4H,1-2H3. The molecule has 82 heavy (non-hydrogen) atoms. The Morgan fingerprint density at radius 1 is 0.220 bits per heavy atom.